The number of nitrogens with zero attached hydrogens (tertiary/aromatic N) is 2. The molecular formula is C20H24FN3O3. The zero-order valence-electron chi connectivity index (χ0n) is 15.6. The Morgan fingerprint density at radius 1 is 1.15 bits per heavy atom. The first-order valence-electron chi connectivity index (χ1n) is 9.23. The lowest BCUT2D eigenvalue weighted by atomic mass is 9.87. The van der Waals surface area contributed by atoms with E-state index in [0.717, 1.165) is 34.8 Å². The number of amides is 1. The monoisotopic (exact) mass is 373 g/mol. The van der Waals surface area contributed by atoms with Gasteiger partial charge in [0.25, 0.3) is 0 Å². The van der Waals surface area contributed by atoms with Crippen LogP contribution in [-0.2, 0) is 11.3 Å². The van der Waals surface area contributed by atoms with Crippen LogP contribution in [0.4, 0.5) is 4.39 Å². The summed E-state index contributed by atoms with van der Waals surface area (Å²) in [5.74, 6) is -0.0942. The van der Waals surface area contributed by atoms with Gasteiger partial charge < -0.3 is 5.32 Å². The molecule has 0 unspecified atom stereocenters. The van der Waals surface area contributed by atoms with Gasteiger partial charge in [0.2, 0.25) is 5.91 Å². The molecule has 144 valence electrons. The molecule has 27 heavy (non-hydrogen) atoms. The lowest BCUT2D eigenvalue weighted by Gasteiger charge is -2.27. The molecule has 0 saturated heterocycles. The van der Waals surface area contributed by atoms with E-state index < -0.39 is 16.9 Å². The van der Waals surface area contributed by atoms with Gasteiger partial charge in [0.15, 0.2) is 0 Å². The van der Waals surface area contributed by atoms with Gasteiger partial charge in [-0.3, -0.25) is 23.5 Å². The van der Waals surface area contributed by atoms with Crippen LogP contribution in [0, 0.1) is 18.7 Å². The number of hydrogen-bond acceptors (Lipinski definition) is 3. The summed E-state index contributed by atoms with van der Waals surface area (Å²) in [6.07, 6.45) is 6.80. The van der Waals surface area contributed by atoms with Crippen molar-refractivity contribution < 1.29 is 9.18 Å². The molecule has 3 rings (SSSR count). The van der Waals surface area contributed by atoms with Crippen LogP contribution >= 0.6 is 0 Å². The second kappa shape index (κ2) is 7.90. The summed E-state index contributed by atoms with van der Waals surface area (Å²) in [5, 5.41) is 2.94. The molecule has 1 saturated carbocycles. The highest BCUT2D eigenvalue weighted by atomic mass is 19.1. The number of nitrogens with one attached hydrogen (secondary N) is 1. The molecule has 0 radical (unpaired) electrons. The zero-order valence-corrected chi connectivity index (χ0v) is 15.6. The fourth-order valence-electron chi connectivity index (χ4n) is 3.50. The van der Waals surface area contributed by atoms with Crippen LogP contribution in [-0.4, -0.2) is 21.1 Å². The van der Waals surface area contributed by atoms with E-state index in [0.29, 0.717) is 17.2 Å². The van der Waals surface area contributed by atoms with Crippen LogP contribution in [0.2, 0.25) is 0 Å². The van der Waals surface area contributed by atoms with Crippen LogP contribution in [0.15, 0.2) is 40.2 Å². The van der Waals surface area contributed by atoms with E-state index in [1.807, 2.05) is 0 Å². The van der Waals surface area contributed by atoms with Crippen molar-refractivity contribution >= 4 is 5.91 Å². The van der Waals surface area contributed by atoms with Crippen molar-refractivity contribution in [1.29, 1.82) is 0 Å². The Balaban J connectivity index is 1.77. The average molecular weight is 373 g/mol. The Labute approximate surface area is 156 Å². The van der Waals surface area contributed by atoms with Crippen molar-refractivity contribution in [2.45, 2.75) is 52.1 Å². The molecule has 0 aliphatic heterocycles. The minimum absolute atomic E-state index is 0.125. The molecule has 1 aliphatic carbocycles. The number of carbonyl (C=O) groups excluding carboxylic acids is 1. The third-order valence-corrected chi connectivity index (χ3v) is 5.18. The minimum atomic E-state index is -0.814. The normalized spacial score (nSPS) is 19.7. The van der Waals surface area contributed by atoms with Crippen LogP contribution < -0.4 is 16.4 Å². The van der Waals surface area contributed by atoms with Gasteiger partial charge >= 0.3 is 11.1 Å². The standard InChI is InChI=1S/C20H24FN3O3/c1-13-3-7-16(8-4-13)22-18(25)12-23-9-10-24(20(27)19(23)26)17-11-15(21)6-5-14(17)2/h5-6,9-11,13,16H,3-4,7-8,12H2,1-2H3,(H,22,25). The van der Waals surface area contributed by atoms with E-state index in [4.69, 9.17) is 0 Å². The molecule has 0 atom stereocenters. The van der Waals surface area contributed by atoms with Crippen LogP contribution in [0.1, 0.15) is 38.2 Å². The molecule has 0 bridgehead atoms. The topological polar surface area (TPSA) is 73.1 Å². The van der Waals surface area contributed by atoms with Gasteiger partial charge in [0.1, 0.15) is 12.4 Å². The number of benzene rings is 1. The predicted octanol–water partition coefficient (Wildman–Crippen LogP) is 2.14. The highest BCUT2D eigenvalue weighted by Crippen LogP contribution is 2.23. The Morgan fingerprint density at radius 3 is 2.56 bits per heavy atom. The maximum Gasteiger partial charge on any atom is 0.320 e. The number of hydrogen-bond donors (Lipinski definition) is 1. The first kappa shape index (κ1) is 19.1. The first-order valence-corrected chi connectivity index (χ1v) is 9.23. The summed E-state index contributed by atoms with van der Waals surface area (Å²) in [6, 6.07) is 4.17. The van der Waals surface area contributed by atoms with E-state index in [9.17, 15) is 18.8 Å². The molecule has 0 spiro atoms. The van der Waals surface area contributed by atoms with E-state index in [1.165, 1.54) is 24.5 Å². The van der Waals surface area contributed by atoms with Gasteiger partial charge in [-0.05, 0) is 56.2 Å². The van der Waals surface area contributed by atoms with Gasteiger partial charge in [0.05, 0.1) is 5.69 Å². The summed E-state index contributed by atoms with van der Waals surface area (Å²) in [4.78, 5) is 37.1. The number of rotatable bonds is 4. The SMILES string of the molecule is Cc1ccc(F)cc1-n1ccn(CC(=O)NC2CCC(C)CC2)c(=O)c1=O. The molecule has 6 nitrogen and oxygen atoms in total. The van der Waals surface area contributed by atoms with Crippen molar-refractivity contribution in [2.75, 3.05) is 0 Å². The molecule has 1 aromatic heterocycles. The molecular weight excluding hydrogens is 349 g/mol. The number of aryl methyl sites for hydroxylation is 1. The Morgan fingerprint density at radius 2 is 1.85 bits per heavy atom. The lowest BCUT2D eigenvalue weighted by molar-refractivity contribution is -0.122. The quantitative estimate of drug-likeness (QED) is 0.835. The third kappa shape index (κ3) is 4.35. The maximum absolute atomic E-state index is 13.5. The van der Waals surface area contributed by atoms with Crippen molar-refractivity contribution in [3.05, 3.63) is 62.7 Å². The molecule has 7 heteroatoms. The highest BCUT2D eigenvalue weighted by molar-refractivity contribution is 5.76. The lowest BCUT2D eigenvalue weighted by Crippen LogP contribution is -2.44. The smallest absolute Gasteiger partial charge is 0.320 e. The molecule has 2 aromatic rings. The predicted molar refractivity (Wildman–Crippen MR) is 101 cm³/mol. The summed E-state index contributed by atoms with van der Waals surface area (Å²) >= 11 is 0. The number of carbonyl (C=O) groups is 1. The van der Waals surface area contributed by atoms with Crippen LogP contribution in [0.5, 0.6) is 0 Å². The van der Waals surface area contributed by atoms with Gasteiger partial charge in [-0.1, -0.05) is 13.0 Å². The van der Waals surface area contributed by atoms with Gasteiger partial charge in [-0.25, -0.2) is 4.39 Å². The van der Waals surface area contributed by atoms with Crippen molar-refractivity contribution in [3.8, 4) is 5.69 Å². The van der Waals surface area contributed by atoms with Crippen LogP contribution in [0.3, 0.4) is 0 Å². The van der Waals surface area contributed by atoms with Crippen LogP contribution in [0.25, 0.3) is 5.69 Å². The summed E-state index contributed by atoms with van der Waals surface area (Å²) in [5.41, 5.74) is -0.649. The number of aromatic nitrogens is 2. The van der Waals surface area contributed by atoms with Crippen molar-refractivity contribution in [1.82, 2.24) is 14.5 Å². The van der Waals surface area contributed by atoms with E-state index in [1.54, 1.807) is 13.0 Å². The zero-order chi connectivity index (χ0) is 19.6. The van der Waals surface area contributed by atoms with Gasteiger partial charge in [-0.15, -0.1) is 0 Å². The Kier molecular flexibility index (Phi) is 5.58. The molecule has 1 heterocycles. The van der Waals surface area contributed by atoms with Gasteiger partial charge in [-0.2, -0.15) is 0 Å². The van der Waals surface area contributed by atoms with Crippen molar-refractivity contribution in [3.63, 3.8) is 0 Å². The minimum Gasteiger partial charge on any atom is -0.352 e. The summed E-state index contributed by atoms with van der Waals surface area (Å²) in [6.45, 7) is 3.72. The second-order valence-electron chi connectivity index (χ2n) is 7.36. The van der Waals surface area contributed by atoms with E-state index in [2.05, 4.69) is 12.2 Å². The fourth-order valence-corrected chi connectivity index (χ4v) is 3.50. The fraction of sp³-hybridized carbons (Fsp3) is 0.450. The van der Waals surface area contributed by atoms with E-state index >= 15 is 0 Å². The number of halogens is 1. The van der Waals surface area contributed by atoms with E-state index in [-0.39, 0.29) is 18.5 Å². The average Bonchev–Trinajstić information content (AvgIpc) is 2.63. The highest BCUT2D eigenvalue weighted by Gasteiger charge is 2.20. The Hall–Kier alpha value is -2.70. The molecule has 1 aromatic carbocycles. The molecule has 1 aliphatic rings. The molecule has 1 N–H and O–H groups in total. The second-order valence-corrected chi connectivity index (χ2v) is 7.36. The molecule has 1 amide bonds. The third-order valence-electron chi connectivity index (χ3n) is 5.18. The van der Waals surface area contributed by atoms with Gasteiger partial charge in [0, 0.05) is 18.4 Å². The summed E-state index contributed by atoms with van der Waals surface area (Å²) < 4.78 is 15.7. The summed E-state index contributed by atoms with van der Waals surface area (Å²) in [7, 11) is 0. The molecule has 1 fully saturated rings. The largest absolute Gasteiger partial charge is 0.352 e. The maximum atomic E-state index is 13.5. The van der Waals surface area contributed by atoms with Crippen molar-refractivity contribution in [2.24, 2.45) is 5.92 Å². The Bertz CT molecular complexity index is 956. The first-order chi connectivity index (χ1) is 12.8.